The first-order chi connectivity index (χ1) is 9.48. The van der Waals surface area contributed by atoms with Crippen molar-refractivity contribution >= 4 is 0 Å². The lowest BCUT2D eigenvalue weighted by atomic mass is 10.0. The summed E-state index contributed by atoms with van der Waals surface area (Å²) in [5.41, 5.74) is 0.924. The first-order valence-electron chi connectivity index (χ1n) is 6.51. The van der Waals surface area contributed by atoms with Gasteiger partial charge in [0.1, 0.15) is 12.4 Å². The van der Waals surface area contributed by atoms with E-state index in [1.807, 2.05) is 31.2 Å². The van der Waals surface area contributed by atoms with Gasteiger partial charge in [-0.25, -0.2) is 0 Å². The molecule has 1 aromatic rings. The molecule has 0 aliphatic rings. The van der Waals surface area contributed by atoms with Gasteiger partial charge in [-0.05, 0) is 26.5 Å². The van der Waals surface area contributed by atoms with E-state index in [2.05, 4.69) is 10.1 Å². The van der Waals surface area contributed by atoms with E-state index in [-0.39, 0.29) is 12.6 Å². The average molecular weight is 291 g/mol. The van der Waals surface area contributed by atoms with Gasteiger partial charge in [0.15, 0.2) is 0 Å². The highest BCUT2D eigenvalue weighted by Gasteiger charge is 2.27. The fourth-order valence-electron chi connectivity index (χ4n) is 1.90. The first-order valence-corrected chi connectivity index (χ1v) is 6.51. The molecule has 0 aromatic heterocycles. The van der Waals surface area contributed by atoms with E-state index in [0.29, 0.717) is 13.0 Å². The molecule has 1 aromatic carbocycles. The third kappa shape index (κ3) is 5.79. The molecule has 0 heterocycles. The normalized spacial score (nSPS) is 13.2. The summed E-state index contributed by atoms with van der Waals surface area (Å²) < 4.78 is 46.1. The number of hydrogen-bond acceptors (Lipinski definition) is 3. The Hall–Kier alpha value is -1.27. The number of nitrogens with one attached hydrogen (secondary N) is 1. The summed E-state index contributed by atoms with van der Waals surface area (Å²) in [4.78, 5) is 0. The standard InChI is InChI=1S/C14H20F3NO2/c1-3-20-13-7-5-4-6-11(13)12(18-2)8-9-19-10-14(15,16)17/h4-7,12,18H,3,8-10H2,1-2H3. The van der Waals surface area contributed by atoms with Gasteiger partial charge in [-0.2, -0.15) is 13.2 Å². The minimum absolute atomic E-state index is 0.0332. The summed E-state index contributed by atoms with van der Waals surface area (Å²) in [6.07, 6.45) is -3.84. The molecule has 0 radical (unpaired) electrons. The molecule has 0 aliphatic heterocycles. The molecule has 0 aliphatic carbocycles. The Morgan fingerprint density at radius 1 is 1.25 bits per heavy atom. The fraction of sp³-hybridized carbons (Fsp3) is 0.571. The van der Waals surface area contributed by atoms with E-state index in [1.54, 1.807) is 7.05 Å². The Morgan fingerprint density at radius 2 is 1.95 bits per heavy atom. The molecule has 0 saturated heterocycles. The van der Waals surface area contributed by atoms with Gasteiger partial charge >= 0.3 is 6.18 Å². The summed E-state index contributed by atoms with van der Waals surface area (Å²) in [6.45, 7) is 1.25. The van der Waals surface area contributed by atoms with Crippen molar-refractivity contribution in [3.8, 4) is 5.75 Å². The van der Waals surface area contributed by atoms with Gasteiger partial charge in [0.05, 0.1) is 6.61 Å². The zero-order valence-electron chi connectivity index (χ0n) is 11.7. The van der Waals surface area contributed by atoms with Crippen LogP contribution in [0.25, 0.3) is 0 Å². The maximum absolute atomic E-state index is 12.0. The lowest BCUT2D eigenvalue weighted by Gasteiger charge is -2.20. The lowest BCUT2D eigenvalue weighted by molar-refractivity contribution is -0.174. The largest absolute Gasteiger partial charge is 0.494 e. The van der Waals surface area contributed by atoms with Crippen LogP contribution >= 0.6 is 0 Å². The number of benzene rings is 1. The monoisotopic (exact) mass is 291 g/mol. The molecule has 0 saturated carbocycles. The van der Waals surface area contributed by atoms with Crippen LogP contribution in [0, 0.1) is 0 Å². The van der Waals surface area contributed by atoms with Crippen molar-refractivity contribution in [3.05, 3.63) is 29.8 Å². The Morgan fingerprint density at radius 3 is 2.55 bits per heavy atom. The van der Waals surface area contributed by atoms with Crippen molar-refractivity contribution in [1.29, 1.82) is 0 Å². The van der Waals surface area contributed by atoms with Gasteiger partial charge < -0.3 is 14.8 Å². The summed E-state index contributed by atoms with van der Waals surface area (Å²) >= 11 is 0. The second kappa shape index (κ2) is 8.11. The first kappa shape index (κ1) is 16.8. The molecular formula is C14H20F3NO2. The van der Waals surface area contributed by atoms with Crippen LogP contribution in [0.15, 0.2) is 24.3 Å². The fourth-order valence-corrected chi connectivity index (χ4v) is 1.90. The van der Waals surface area contributed by atoms with Crippen molar-refractivity contribution in [1.82, 2.24) is 5.32 Å². The Kier molecular flexibility index (Phi) is 6.81. The minimum Gasteiger partial charge on any atom is -0.494 e. The number of halogens is 3. The van der Waals surface area contributed by atoms with Crippen molar-refractivity contribution < 1.29 is 22.6 Å². The Balaban J connectivity index is 2.58. The van der Waals surface area contributed by atoms with Crippen LogP contribution in [0.3, 0.4) is 0 Å². The smallest absolute Gasteiger partial charge is 0.411 e. The lowest BCUT2D eigenvalue weighted by Crippen LogP contribution is -2.22. The summed E-state index contributed by atoms with van der Waals surface area (Å²) in [5, 5.41) is 3.07. The quantitative estimate of drug-likeness (QED) is 0.745. The summed E-state index contributed by atoms with van der Waals surface area (Å²) in [7, 11) is 1.76. The molecule has 1 atom stereocenters. The number of rotatable bonds is 8. The topological polar surface area (TPSA) is 30.5 Å². The van der Waals surface area contributed by atoms with E-state index >= 15 is 0 Å². The Labute approximate surface area is 117 Å². The molecule has 114 valence electrons. The third-order valence-corrected chi connectivity index (χ3v) is 2.76. The van der Waals surface area contributed by atoms with Gasteiger partial charge in [-0.15, -0.1) is 0 Å². The van der Waals surface area contributed by atoms with Crippen molar-refractivity contribution in [2.75, 3.05) is 26.9 Å². The van der Waals surface area contributed by atoms with Crippen molar-refractivity contribution in [2.24, 2.45) is 0 Å². The molecular weight excluding hydrogens is 271 g/mol. The van der Waals surface area contributed by atoms with Crippen LogP contribution < -0.4 is 10.1 Å². The van der Waals surface area contributed by atoms with Crippen molar-refractivity contribution in [2.45, 2.75) is 25.6 Å². The van der Waals surface area contributed by atoms with Crippen LogP contribution in [0.1, 0.15) is 24.9 Å². The maximum Gasteiger partial charge on any atom is 0.411 e. The van der Waals surface area contributed by atoms with E-state index in [4.69, 9.17) is 4.74 Å². The van der Waals surface area contributed by atoms with Gasteiger partial charge in [-0.1, -0.05) is 18.2 Å². The molecule has 0 spiro atoms. The van der Waals surface area contributed by atoms with Gasteiger partial charge in [0.2, 0.25) is 0 Å². The van der Waals surface area contributed by atoms with Crippen LogP contribution in [-0.4, -0.2) is 33.0 Å². The molecule has 3 nitrogen and oxygen atoms in total. The van der Waals surface area contributed by atoms with Crippen LogP contribution in [0.2, 0.25) is 0 Å². The van der Waals surface area contributed by atoms with Gasteiger partial charge in [0, 0.05) is 18.2 Å². The zero-order valence-corrected chi connectivity index (χ0v) is 11.7. The second-order valence-corrected chi connectivity index (χ2v) is 4.27. The number of alkyl halides is 3. The second-order valence-electron chi connectivity index (χ2n) is 4.27. The van der Waals surface area contributed by atoms with E-state index in [9.17, 15) is 13.2 Å². The molecule has 1 unspecified atom stereocenters. The predicted molar refractivity (Wildman–Crippen MR) is 70.9 cm³/mol. The number of hydrogen-bond donors (Lipinski definition) is 1. The van der Waals surface area contributed by atoms with Crippen LogP contribution in [0.5, 0.6) is 5.75 Å². The molecule has 20 heavy (non-hydrogen) atoms. The number of ether oxygens (including phenoxy) is 2. The SMILES string of the molecule is CCOc1ccccc1C(CCOCC(F)(F)F)NC. The zero-order chi connectivity index (χ0) is 15.0. The van der Waals surface area contributed by atoms with E-state index in [1.165, 1.54) is 0 Å². The Bertz CT molecular complexity index is 396. The molecule has 0 amide bonds. The molecule has 0 fully saturated rings. The van der Waals surface area contributed by atoms with Gasteiger partial charge in [0.25, 0.3) is 0 Å². The summed E-state index contributed by atoms with van der Waals surface area (Å²) in [5.74, 6) is 0.741. The van der Waals surface area contributed by atoms with Crippen LogP contribution in [-0.2, 0) is 4.74 Å². The predicted octanol–water partition coefficient (Wildman–Crippen LogP) is 3.31. The molecule has 1 N–H and O–H groups in total. The van der Waals surface area contributed by atoms with Crippen molar-refractivity contribution in [3.63, 3.8) is 0 Å². The summed E-state index contributed by atoms with van der Waals surface area (Å²) in [6, 6.07) is 7.38. The maximum atomic E-state index is 12.0. The highest BCUT2D eigenvalue weighted by molar-refractivity contribution is 5.35. The third-order valence-electron chi connectivity index (χ3n) is 2.76. The van der Waals surface area contributed by atoms with E-state index in [0.717, 1.165) is 11.3 Å². The molecule has 6 heteroatoms. The van der Waals surface area contributed by atoms with E-state index < -0.39 is 12.8 Å². The molecule has 0 bridgehead atoms. The van der Waals surface area contributed by atoms with Gasteiger partial charge in [-0.3, -0.25) is 0 Å². The average Bonchev–Trinajstić information content (AvgIpc) is 2.39. The highest BCUT2D eigenvalue weighted by atomic mass is 19.4. The highest BCUT2D eigenvalue weighted by Crippen LogP contribution is 2.27. The number of para-hydroxylation sites is 1. The minimum atomic E-state index is -4.28. The molecule has 1 rings (SSSR count). The van der Waals surface area contributed by atoms with Crippen LogP contribution in [0.4, 0.5) is 13.2 Å².